The van der Waals surface area contributed by atoms with Crippen molar-refractivity contribution in [2.45, 2.75) is 6.92 Å². The Morgan fingerprint density at radius 2 is 1.96 bits per heavy atom. The van der Waals surface area contributed by atoms with Crippen LogP contribution in [0.1, 0.15) is 11.1 Å². The monoisotopic (exact) mass is 323 g/mol. The molecule has 0 aliphatic heterocycles. The highest BCUT2D eigenvalue weighted by atomic mass is 16.5. The molecular weight excluding hydrogens is 306 g/mol. The predicted molar refractivity (Wildman–Crippen MR) is 94.0 cm³/mol. The lowest BCUT2D eigenvalue weighted by molar-refractivity contribution is 0.351. The van der Waals surface area contributed by atoms with Crippen LogP contribution < -0.4 is 10.2 Å². The molecule has 0 radical (unpaired) electrons. The number of hydrogen-bond donors (Lipinski definition) is 3. The number of hydrazone groups is 1. The first-order chi connectivity index (χ1) is 11.6. The minimum absolute atomic E-state index is 0.177. The van der Waals surface area contributed by atoms with Crippen LogP contribution in [0.3, 0.4) is 0 Å². The van der Waals surface area contributed by atoms with Gasteiger partial charge in [0.25, 0.3) is 0 Å². The van der Waals surface area contributed by atoms with Gasteiger partial charge in [0.15, 0.2) is 11.5 Å². The molecule has 0 fully saturated rings. The van der Waals surface area contributed by atoms with Crippen molar-refractivity contribution in [3.8, 4) is 17.2 Å². The molecule has 6 heteroatoms. The smallest absolute Gasteiger partial charge is 0.200 e. The highest BCUT2D eigenvalue weighted by Gasteiger charge is 2.08. The van der Waals surface area contributed by atoms with Crippen molar-refractivity contribution in [3.05, 3.63) is 53.6 Å². The van der Waals surface area contributed by atoms with E-state index in [1.165, 1.54) is 19.4 Å². The Morgan fingerprint density at radius 3 is 2.75 bits per heavy atom. The summed E-state index contributed by atoms with van der Waals surface area (Å²) in [5.74, 6) is 0.235. The van der Waals surface area contributed by atoms with E-state index >= 15 is 0 Å². The third kappa shape index (κ3) is 3.08. The van der Waals surface area contributed by atoms with Crippen molar-refractivity contribution >= 4 is 22.9 Å². The van der Waals surface area contributed by atoms with Gasteiger partial charge in [-0.25, -0.2) is 4.98 Å². The van der Waals surface area contributed by atoms with Gasteiger partial charge in [0.2, 0.25) is 5.75 Å². The van der Waals surface area contributed by atoms with E-state index in [0.717, 1.165) is 16.5 Å². The molecule has 0 unspecified atom stereocenters. The Labute approximate surface area is 139 Å². The zero-order valence-electron chi connectivity index (χ0n) is 13.3. The molecule has 1 heterocycles. The van der Waals surface area contributed by atoms with E-state index in [0.29, 0.717) is 11.4 Å². The minimum atomic E-state index is -0.297. The van der Waals surface area contributed by atoms with Crippen molar-refractivity contribution in [2.75, 3.05) is 12.5 Å². The second-order valence-electron chi connectivity index (χ2n) is 5.30. The topological polar surface area (TPSA) is 87.0 Å². The van der Waals surface area contributed by atoms with E-state index < -0.39 is 0 Å². The third-order valence-electron chi connectivity index (χ3n) is 3.61. The van der Waals surface area contributed by atoms with Crippen LogP contribution in [0.15, 0.2) is 47.6 Å². The van der Waals surface area contributed by atoms with Crippen LogP contribution in [0.25, 0.3) is 10.9 Å². The van der Waals surface area contributed by atoms with Crippen LogP contribution in [-0.4, -0.2) is 28.5 Å². The van der Waals surface area contributed by atoms with E-state index in [9.17, 15) is 10.2 Å². The molecule has 0 atom stereocenters. The normalized spacial score (nSPS) is 11.1. The molecule has 0 aliphatic carbocycles. The summed E-state index contributed by atoms with van der Waals surface area (Å²) in [6.45, 7) is 2.02. The number of aryl methyl sites for hydroxylation is 1. The molecule has 1 aromatic heterocycles. The third-order valence-corrected chi connectivity index (χ3v) is 3.61. The van der Waals surface area contributed by atoms with Gasteiger partial charge in [0.05, 0.1) is 18.8 Å². The average molecular weight is 323 g/mol. The Morgan fingerprint density at radius 1 is 1.17 bits per heavy atom. The Bertz CT molecular complexity index is 923. The fourth-order valence-corrected chi connectivity index (χ4v) is 2.42. The van der Waals surface area contributed by atoms with Crippen LogP contribution in [0.5, 0.6) is 17.2 Å². The van der Waals surface area contributed by atoms with E-state index in [-0.39, 0.29) is 17.2 Å². The van der Waals surface area contributed by atoms with Gasteiger partial charge in [-0.15, -0.1) is 0 Å². The second kappa shape index (κ2) is 6.45. The molecule has 0 spiro atoms. The summed E-state index contributed by atoms with van der Waals surface area (Å²) in [6.07, 6.45) is 1.51. The van der Waals surface area contributed by atoms with Crippen molar-refractivity contribution in [2.24, 2.45) is 5.10 Å². The molecule has 0 saturated carbocycles. The maximum atomic E-state index is 9.66. The van der Waals surface area contributed by atoms with Crippen molar-refractivity contribution in [1.82, 2.24) is 4.98 Å². The van der Waals surface area contributed by atoms with Gasteiger partial charge in [0.1, 0.15) is 5.82 Å². The van der Waals surface area contributed by atoms with Crippen molar-refractivity contribution in [3.63, 3.8) is 0 Å². The second-order valence-corrected chi connectivity index (χ2v) is 5.30. The first-order valence-corrected chi connectivity index (χ1v) is 7.34. The molecule has 6 nitrogen and oxygen atoms in total. The number of para-hydroxylation sites is 1. The first kappa shape index (κ1) is 15.6. The van der Waals surface area contributed by atoms with E-state index in [1.807, 2.05) is 37.3 Å². The number of benzene rings is 2. The van der Waals surface area contributed by atoms with Gasteiger partial charge in [-0.05, 0) is 36.8 Å². The summed E-state index contributed by atoms with van der Waals surface area (Å²) >= 11 is 0. The number of pyridine rings is 1. The summed E-state index contributed by atoms with van der Waals surface area (Å²) in [5.41, 5.74) is 5.43. The molecule has 0 aliphatic rings. The molecule has 122 valence electrons. The predicted octanol–water partition coefficient (Wildman–Crippen LogP) is 3.41. The highest BCUT2D eigenvalue weighted by molar-refractivity contribution is 5.85. The number of nitrogens with zero attached hydrogens (tertiary/aromatic N) is 2. The zero-order valence-corrected chi connectivity index (χ0v) is 13.3. The fourth-order valence-electron chi connectivity index (χ4n) is 2.42. The average Bonchev–Trinajstić information content (AvgIpc) is 2.58. The number of hydrogen-bond acceptors (Lipinski definition) is 6. The molecule has 24 heavy (non-hydrogen) atoms. The lowest BCUT2D eigenvalue weighted by Crippen LogP contribution is -1.96. The molecule has 3 aromatic rings. The SMILES string of the molecule is COc1cc(/C=N/Nc2cc(C)c3ccccc3n2)cc(O)c1O. The zero-order chi connectivity index (χ0) is 17.1. The molecule has 2 aromatic carbocycles. The Hall–Kier alpha value is -3.28. The van der Waals surface area contributed by atoms with E-state index in [4.69, 9.17) is 4.74 Å². The number of fused-ring (bicyclic) bond motifs is 1. The van der Waals surface area contributed by atoms with Crippen LogP contribution in [-0.2, 0) is 0 Å². The van der Waals surface area contributed by atoms with E-state index in [1.54, 1.807) is 6.07 Å². The number of phenolic OH excluding ortho intramolecular Hbond substituents is 2. The number of anilines is 1. The van der Waals surface area contributed by atoms with Gasteiger partial charge >= 0.3 is 0 Å². The molecule has 3 rings (SSSR count). The largest absolute Gasteiger partial charge is 0.504 e. The van der Waals surface area contributed by atoms with Crippen LogP contribution >= 0.6 is 0 Å². The summed E-state index contributed by atoms with van der Waals surface area (Å²) in [6, 6.07) is 12.8. The number of phenols is 2. The number of aromatic nitrogens is 1. The maximum Gasteiger partial charge on any atom is 0.200 e. The van der Waals surface area contributed by atoms with Gasteiger partial charge < -0.3 is 14.9 Å². The van der Waals surface area contributed by atoms with Gasteiger partial charge in [0, 0.05) is 10.9 Å². The number of methoxy groups -OCH3 is 1. The Kier molecular flexibility index (Phi) is 4.20. The lowest BCUT2D eigenvalue weighted by atomic mass is 10.1. The van der Waals surface area contributed by atoms with Crippen LogP contribution in [0.2, 0.25) is 0 Å². The highest BCUT2D eigenvalue weighted by Crippen LogP contribution is 2.35. The van der Waals surface area contributed by atoms with Crippen molar-refractivity contribution < 1.29 is 14.9 Å². The molecule has 3 N–H and O–H groups in total. The number of aromatic hydroxyl groups is 2. The van der Waals surface area contributed by atoms with Crippen molar-refractivity contribution in [1.29, 1.82) is 0 Å². The molecule has 0 bridgehead atoms. The fraction of sp³-hybridized carbons (Fsp3) is 0.111. The minimum Gasteiger partial charge on any atom is -0.504 e. The number of ether oxygens (including phenoxy) is 1. The number of rotatable bonds is 4. The quantitative estimate of drug-likeness (QED) is 0.389. The Balaban J connectivity index is 1.83. The number of nitrogens with one attached hydrogen (secondary N) is 1. The van der Waals surface area contributed by atoms with Crippen LogP contribution in [0.4, 0.5) is 5.82 Å². The maximum absolute atomic E-state index is 9.66. The van der Waals surface area contributed by atoms with Crippen LogP contribution in [0, 0.1) is 6.92 Å². The summed E-state index contributed by atoms with van der Waals surface area (Å²) in [5, 5.41) is 24.5. The van der Waals surface area contributed by atoms with Gasteiger partial charge in [-0.1, -0.05) is 18.2 Å². The van der Waals surface area contributed by atoms with Gasteiger partial charge in [-0.2, -0.15) is 5.10 Å². The summed E-state index contributed by atoms with van der Waals surface area (Å²) in [4.78, 5) is 4.49. The lowest BCUT2D eigenvalue weighted by Gasteiger charge is -2.07. The molecular formula is C18H17N3O3. The standard InChI is InChI=1S/C18H17N3O3/c1-11-7-17(20-14-6-4-3-5-13(11)14)21-19-10-12-8-15(22)18(23)16(9-12)24-2/h3-10,22-23H,1-2H3,(H,20,21)/b19-10+. The first-order valence-electron chi connectivity index (χ1n) is 7.34. The molecule has 0 amide bonds. The van der Waals surface area contributed by atoms with E-state index in [2.05, 4.69) is 15.5 Å². The summed E-state index contributed by atoms with van der Waals surface area (Å²) < 4.78 is 4.99. The summed E-state index contributed by atoms with van der Waals surface area (Å²) in [7, 11) is 1.41. The molecule has 0 saturated heterocycles. The van der Waals surface area contributed by atoms with Gasteiger partial charge in [-0.3, -0.25) is 5.43 Å².